The maximum atomic E-state index is 10.8. The molecule has 2 N–H and O–H groups in total. The third-order valence-electron chi connectivity index (χ3n) is 2.39. The van der Waals surface area contributed by atoms with Gasteiger partial charge in [-0.25, -0.2) is 0 Å². The molecule has 0 radical (unpaired) electrons. The molecule has 0 aliphatic rings. The topological polar surface area (TPSA) is 69.6 Å². The molecule has 0 bridgehead atoms. The van der Waals surface area contributed by atoms with E-state index in [0.29, 0.717) is 18.8 Å². The second-order valence-corrected chi connectivity index (χ2v) is 5.36. The zero-order valence-electron chi connectivity index (χ0n) is 10.6. The minimum atomic E-state index is -4.06. The summed E-state index contributed by atoms with van der Waals surface area (Å²) >= 11 is 0. The normalized spacial score (nSPS) is 10.8. The van der Waals surface area contributed by atoms with Crippen molar-refractivity contribution in [3.63, 3.8) is 0 Å². The smallest absolute Gasteiger partial charge is 0.283 e. The van der Waals surface area contributed by atoms with Gasteiger partial charge in [0.2, 0.25) is 0 Å². The standard InChI is InChI=1S/C13H18N2O3S/c1-3-9-15(10-4-2)13-8-6-5-7-12(13)14-11-19(16,17)18/h3-8,14H,1-2,9-11H2,(H,16,17,18). The largest absolute Gasteiger partial charge is 0.368 e. The number of anilines is 2. The molecule has 0 amide bonds. The molecule has 0 aromatic heterocycles. The molecule has 0 atom stereocenters. The third-order valence-corrected chi connectivity index (χ3v) is 2.90. The Morgan fingerprint density at radius 2 is 1.79 bits per heavy atom. The van der Waals surface area contributed by atoms with E-state index >= 15 is 0 Å². The average molecular weight is 282 g/mol. The molecular formula is C13H18N2O3S. The maximum absolute atomic E-state index is 10.8. The lowest BCUT2D eigenvalue weighted by molar-refractivity contribution is 0.485. The Morgan fingerprint density at radius 1 is 1.21 bits per heavy atom. The molecule has 0 fully saturated rings. The van der Waals surface area contributed by atoms with Gasteiger partial charge in [0.1, 0.15) is 5.88 Å². The van der Waals surface area contributed by atoms with Crippen LogP contribution in [-0.4, -0.2) is 31.9 Å². The number of nitrogens with one attached hydrogen (secondary N) is 1. The highest BCUT2D eigenvalue weighted by molar-refractivity contribution is 7.85. The first-order chi connectivity index (χ1) is 8.98. The van der Waals surface area contributed by atoms with E-state index in [2.05, 4.69) is 18.5 Å². The van der Waals surface area contributed by atoms with Crippen LogP contribution in [-0.2, 0) is 10.1 Å². The fraction of sp³-hybridized carbons (Fsp3) is 0.231. The fourth-order valence-corrected chi connectivity index (χ4v) is 1.99. The second kappa shape index (κ2) is 6.96. The summed E-state index contributed by atoms with van der Waals surface area (Å²) in [6, 6.07) is 7.25. The van der Waals surface area contributed by atoms with E-state index < -0.39 is 16.0 Å². The summed E-state index contributed by atoms with van der Waals surface area (Å²) in [6.45, 7) is 8.60. The van der Waals surface area contributed by atoms with E-state index in [9.17, 15) is 8.42 Å². The van der Waals surface area contributed by atoms with Crippen molar-refractivity contribution in [2.45, 2.75) is 0 Å². The minimum absolute atomic E-state index is 0.528. The molecule has 0 heterocycles. The van der Waals surface area contributed by atoms with Gasteiger partial charge in [-0.05, 0) is 12.1 Å². The molecule has 104 valence electrons. The Labute approximate surface area is 114 Å². The van der Waals surface area contributed by atoms with Gasteiger partial charge in [0.05, 0.1) is 11.4 Å². The number of hydrogen-bond acceptors (Lipinski definition) is 4. The summed E-state index contributed by atoms with van der Waals surface area (Å²) in [5.41, 5.74) is 1.45. The Morgan fingerprint density at radius 3 is 2.32 bits per heavy atom. The van der Waals surface area contributed by atoms with Crippen molar-refractivity contribution in [2.75, 3.05) is 29.2 Å². The minimum Gasteiger partial charge on any atom is -0.368 e. The molecule has 0 saturated carbocycles. The van der Waals surface area contributed by atoms with E-state index in [0.717, 1.165) is 5.69 Å². The molecule has 1 aromatic rings. The van der Waals surface area contributed by atoms with Crippen LogP contribution in [0.25, 0.3) is 0 Å². The summed E-state index contributed by atoms with van der Waals surface area (Å²) in [7, 11) is -4.06. The quantitative estimate of drug-likeness (QED) is 0.564. The van der Waals surface area contributed by atoms with Crippen LogP contribution in [0.4, 0.5) is 11.4 Å². The van der Waals surface area contributed by atoms with Gasteiger partial charge in [0, 0.05) is 13.1 Å². The number of para-hydroxylation sites is 2. The Bertz CT molecular complexity index is 531. The number of hydrogen-bond donors (Lipinski definition) is 2. The monoisotopic (exact) mass is 282 g/mol. The van der Waals surface area contributed by atoms with E-state index in [1.165, 1.54) is 0 Å². The average Bonchev–Trinajstić information content (AvgIpc) is 2.36. The predicted molar refractivity (Wildman–Crippen MR) is 79.1 cm³/mol. The summed E-state index contributed by atoms with van der Waals surface area (Å²) in [5, 5.41) is 2.70. The summed E-state index contributed by atoms with van der Waals surface area (Å²) in [6.07, 6.45) is 3.51. The Hall–Kier alpha value is -1.79. The molecule has 6 heteroatoms. The first kappa shape index (κ1) is 15.3. The van der Waals surface area contributed by atoms with Crippen molar-refractivity contribution < 1.29 is 13.0 Å². The van der Waals surface area contributed by atoms with Gasteiger partial charge in [-0.3, -0.25) is 4.55 Å². The molecule has 19 heavy (non-hydrogen) atoms. The molecule has 0 aliphatic heterocycles. The van der Waals surface area contributed by atoms with Crippen molar-refractivity contribution in [3.05, 3.63) is 49.6 Å². The van der Waals surface area contributed by atoms with Crippen molar-refractivity contribution >= 4 is 21.5 Å². The van der Waals surface area contributed by atoms with Crippen LogP contribution in [0.5, 0.6) is 0 Å². The van der Waals surface area contributed by atoms with E-state index in [1.54, 1.807) is 24.3 Å². The van der Waals surface area contributed by atoms with Gasteiger partial charge < -0.3 is 10.2 Å². The summed E-state index contributed by atoms with van der Waals surface area (Å²) in [5.74, 6) is -0.528. The van der Waals surface area contributed by atoms with Gasteiger partial charge in [-0.1, -0.05) is 24.3 Å². The maximum Gasteiger partial charge on any atom is 0.283 e. The molecule has 1 rings (SSSR count). The molecule has 0 saturated heterocycles. The van der Waals surface area contributed by atoms with Gasteiger partial charge in [-0.15, -0.1) is 13.2 Å². The van der Waals surface area contributed by atoms with Gasteiger partial charge in [0.25, 0.3) is 10.1 Å². The Kier molecular flexibility index (Phi) is 5.59. The second-order valence-electron chi connectivity index (χ2n) is 3.90. The zero-order valence-corrected chi connectivity index (χ0v) is 11.4. The number of rotatable bonds is 8. The molecule has 1 aromatic carbocycles. The van der Waals surface area contributed by atoms with E-state index in [1.807, 2.05) is 17.0 Å². The third kappa shape index (κ3) is 5.15. The SMILES string of the molecule is C=CCN(CC=C)c1ccccc1NCS(=O)(=O)O. The lowest BCUT2D eigenvalue weighted by Gasteiger charge is -2.24. The molecular weight excluding hydrogens is 264 g/mol. The van der Waals surface area contributed by atoms with Gasteiger partial charge in [-0.2, -0.15) is 8.42 Å². The lowest BCUT2D eigenvalue weighted by Crippen LogP contribution is -2.25. The zero-order chi connectivity index (χ0) is 14.3. The summed E-state index contributed by atoms with van der Waals surface area (Å²) < 4.78 is 30.3. The molecule has 0 spiro atoms. The van der Waals surface area contributed by atoms with Crippen LogP contribution in [0.3, 0.4) is 0 Å². The van der Waals surface area contributed by atoms with E-state index in [4.69, 9.17) is 4.55 Å². The van der Waals surface area contributed by atoms with Crippen LogP contribution in [0, 0.1) is 0 Å². The highest BCUT2D eigenvalue weighted by atomic mass is 32.2. The number of benzene rings is 1. The highest BCUT2D eigenvalue weighted by Gasteiger charge is 2.10. The van der Waals surface area contributed by atoms with Crippen molar-refractivity contribution in [1.29, 1.82) is 0 Å². The van der Waals surface area contributed by atoms with Crippen molar-refractivity contribution in [2.24, 2.45) is 0 Å². The predicted octanol–water partition coefficient (Wildman–Crippen LogP) is 2.12. The van der Waals surface area contributed by atoms with Crippen LogP contribution < -0.4 is 10.2 Å². The fourth-order valence-electron chi connectivity index (χ4n) is 1.65. The Balaban J connectivity index is 2.98. The van der Waals surface area contributed by atoms with Crippen LogP contribution in [0.1, 0.15) is 0 Å². The van der Waals surface area contributed by atoms with Crippen LogP contribution >= 0.6 is 0 Å². The van der Waals surface area contributed by atoms with Crippen molar-refractivity contribution in [3.8, 4) is 0 Å². The van der Waals surface area contributed by atoms with Crippen molar-refractivity contribution in [1.82, 2.24) is 0 Å². The highest BCUT2D eigenvalue weighted by Crippen LogP contribution is 2.25. The molecule has 0 unspecified atom stereocenters. The summed E-state index contributed by atoms with van der Waals surface area (Å²) in [4.78, 5) is 1.98. The van der Waals surface area contributed by atoms with Crippen LogP contribution in [0.15, 0.2) is 49.6 Å². The first-order valence-corrected chi connectivity index (χ1v) is 7.33. The molecule has 5 nitrogen and oxygen atoms in total. The van der Waals surface area contributed by atoms with Crippen LogP contribution in [0.2, 0.25) is 0 Å². The number of nitrogens with zero attached hydrogens (tertiary/aromatic N) is 1. The van der Waals surface area contributed by atoms with Gasteiger partial charge >= 0.3 is 0 Å². The first-order valence-electron chi connectivity index (χ1n) is 5.72. The lowest BCUT2D eigenvalue weighted by atomic mass is 10.2. The van der Waals surface area contributed by atoms with E-state index in [-0.39, 0.29) is 0 Å². The molecule has 0 aliphatic carbocycles. The van der Waals surface area contributed by atoms with Gasteiger partial charge in [0.15, 0.2) is 0 Å².